The molecule has 5 heteroatoms. The normalized spacial score (nSPS) is 25.3. The van der Waals surface area contributed by atoms with E-state index >= 15 is 0 Å². The van der Waals surface area contributed by atoms with E-state index in [-0.39, 0.29) is 18.0 Å². The van der Waals surface area contributed by atoms with Crippen molar-refractivity contribution in [3.05, 3.63) is 71.2 Å². The van der Waals surface area contributed by atoms with Crippen molar-refractivity contribution in [2.75, 3.05) is 26.1 Å². The SMILES string of the molecule is [2H]C1([2H])c2[nH]c3ccccc3c2CC2N1CCN(CCCC(=O)c1ccc(F)cc1)C2([2H])[2H]. The summed E-state index contributed by atoms with van der Waals surface area (Å²) in [6.07, 6.45) is 1.14. The van der Waals surface area contributed by atoms with Gasteiger partial charge >= 0.3 is 0 Å². The van der Waals surface area contributed by atoms with E-state index in [4.69, 9.17) is 5.48 Å². The molecule has 1 aromatic heterocycles. The lowest BCUT2D eigenvalue weighted by molar-refractivity contribution is 0.0588. The van der Waals surface area contributed by atoms with Gasteiger partial charge in [-0.2, -0.15) is 0 Å². The number of para-hydroxylation sites is 1. The number of halogens is 1. The van der Waals surface area contributed by atoms with Gasteiger partial charge in [0, 0.05) is 66.2 Å². The fourth-order valence-electron chi connectivity index (χ4n) is 4.25. The molecular weight excluding hydrogens is 365 g/mol. The van der Waals surface area contributed by atoms with E-state index in [1.807, 2.05) is 24.3 Å². The summed E-state index contributed by atoms with van der Waals surface area (Å²) >= 11 is 0. The van der Waals surface area contributed by atoms with Crippen LogP contribution in [-0.2, 0) is 12.9 Å². The third-order valence-electron chi connectivity index (χ3n) is 5.78. The summed E-state index contributed by atoms with van der Waals surface area (Å²) in [6, 6.07) is 12.5. The van der Waals surface area contributed by atoms with Crippen molar-refractivity contribution in [2.45, 2.75) is 31.8 Å². The Morgan fingerprint density at radius 3 is 2.86 bits per heavy atom. The van der Waals surface area contributed by atoms with Crippen LogP contribution >= 0.6 is 0 Å². The van der Waals surface area contributed by atoms with Gasteiger partial charge in [0.1, 0.15) is 5.82 Å². The molecule has 5 rings (SSSR count). The summed E-state index contributed by atoms with van der Waals surface area (Å²) < 4.78 is 48.5. The first-order valence-corrected chi connectivity index (χ1v) is 10.1. The van der Waals surface area contributed by atoms with Gasteiger partial charge < -0.3 is 9.88 Å². The molecule has 3 aromatic rings. The zero-order valence-electron chi connectivity index (χ0n) is 20.1. The van der Waals surface area contributed by atoms with Crippen molar-refractivity contribution in [1.29, 1.82) is 0 Å². The van der Waals surface area contributed by atoms with E-state index in [9.17, 15) is 9.18 Å². The van der Waals surface area contributed by atoms with Gasteiger partial charge in [0.15, 0.2) is 5.78 Å². The number of aromatic nitrogens is 1. The minimum Gasteiger partial charge on any atom is -0.357 e. The van der Waals surface area contributed by atoms with Crippen LogP contribution < -0.4 is 0 Å². The number of ketones is 1. The van der Waals surface area contributed by atoms with Crippen LogP contribution in [-0.4, -0.2) is 52.7 Å². The molecule has 0 bridgehead atoms. The number of piperazine rings is 1. The number of aromatic amines is 1. The second kappa shape index (κ2) is 7.73. The quantitative estimate of drug-likeness (QED) is 0.664. The van der Waals surface area contributed by atoms with E-state index < -0.39 is 19.0 Å². The molecule has 3 heterocycles. The molecule has 0 amide bonds. The second-order valence-electron chi connectivity index (χ2n) is 7.70. The summed E-state index contributed by atoms with van der Waals surface area (Å²) in [5, 5.41) is 0.939. The minimum atomic E-state index is -1.80. The van der Waals surface area contributed by atoms with Crippen LogP contribution in [0.2, 0.25) is 0 Å². The maximum absolute atomic E-state index is 13.1. The average molecular weight is 396 g/mol. The van der Waals surface area contributed by atoms with E-state index in [1.54, 1.807) is 9.80 Å². The number of rotatable bonds is 5. The number of fused-ring (bicyclic) bond motifs is 4. The number of nitrogens with one attached hydrogen (secondary N) is 1. The highest BCUT2D eigenvalue weighted by Crippen LogP contribution is 2.31. The van der Waals surface area contributed by atoms with Gasteiger partial charge in [-0.3, -0.25) is 9.69 Å². The van der Waals surface area contributed by atoms with E-state index in [2.05, 4.69) is 4.98 Å². The third-order valence-corrected chi connectivity index (χ3v) is 5.78. The molecule has 2 aliphatic heterocycles. The Balaban J connectivity index is 1.33. The largest absolute Gasteiger partial charge is 0.357 e. The first-order valence-electron chi connectivity index (χ1n) is 12.1. The average Bonchev–Trinajstić information content (AvgIpc) is 3.16. The number of hydrogen-bond donors (Lipinski definition) is 1. The Morgan fingerprint density at radius 2 is 2.00 bits per heavy atom. The Bertz CT molecular complexity index is 1190. The summed E-state index contributed by atoms with van der Waals surface area (Å²) in [5.74, 6) is -0.477. The molecule has 1 unspecified atom stereocenters. The van der Waals surface area contributed by atoms with Gasteiger partial charge in [-0.15, -0.1) is 0 Å². The third kappa shape index (κ3) is 3.72. The zero-order valence-corrected chi connectivity index (χ0v) is 16.1. The number of nitrogens with zero attached hydrogens (tertiary/aromatic N) is 2. The fourth-order valence-corrected chi connectivity index (χ4v) is 4.25. The second-order valence-corrected chi connectivity index (χ2v) is 7.70. The molecule has 1 N–H and O–H groups in total. The van der Waals surface area contributed by atoms with Crippen LogP contribution in [0.4, 0.5) is 4.39 Å². The van der Waals surface area contributed by atoms with Crippen LogP contribution in [0.5, 0.6) is 0 Å². The molecule has 4 nitrogen and oxygen atoms in total. The summed E-state index contributed by atoms with van der Waals surface area (Å²) in [5.41, 5.74) is 2.68. The predicted octanol–water partition coefficient (Wildman–Crippen LogP) is 4.01. The number of hydrogen-bond acceptors (Lipinski definition) is 3. The van der Waals surface area contributed by atoms with Gasteiger partial charge in [0.25, 0.3) is 0 Å². The van der Waals surface area contributed by atoms with Crippen LogP contribution in [0, 0.1) is 5.82 Å². The highest BCUT2D eigenvalue weighted by molar-refractivity contribution is 5.95. The van der Waals surface area contributed by atoms with Gasteiger partial charge in [-0.1, -0.05) is 18.2 Å². The molecule has 0 aliphatic carbocycles. The van der Waals surface area contributed by atoms with Gasteiger partial charge in [0.2, 0.25) is 0 Å². The molecule has 0 saturated carbocycles. The lowest BCUT2D eigenvalue weighted by Gasteiger charge is -2.44. The molecule has 2 aliphatic rings. The molecule has 0 radical (unpaired) electrons. The van der Waals surface area contributed by atoms with Crippen LogP contribution in [0.25, 0.3) is 10.9 Å². The van der Waals surface area contributed by atoms with Crippen molar-refractivity contribution in [2.24, 2.45) is 0 Å². The minimum absolute atomic E-state index is 0.0911. The maximum Gasteiger partial charge on any atom is 0.162 e. The van der Waals surface area contributed by atoms with Gasteiger partial charge in [0.05, 0.1) is 0 Å². The van der Waals surface area contributed by atoms with Crippen LogP contribution in [0.3, 0.4) is 0 Å². The topological polar surface area (TPSA) is 39.3 Å². The Morgan fingerprint density at radius 1 is 1.17 bits per heavy atom. The Kier molecular flexibility index (Phi) is 3.86. The summed E-state index contributed by atoms with van der Waals surface area (Å²) in [4.78, 5) is 19.0. The predicted molar refractivity (Wildman–Crippen MR) is 113 cm³/mol. The molecule has 1 atom stereocenters. The molecular formula is C24H26FN3O. The van der Waals surface area contributed by atoms with Gasteiger partial charge in [-0.25, -0.2) is 4.39 Å². The standard InChI is InChI=1S/C24H26FN3O/c25-18-9-7-17(8-10-18)24(29)6-3-11-27-12-13-28-16-23-21(14-19(28)15-27)20-4-1-2-5-22(20)26-23/h1-2,4-5,7-10,19,26H,3,6,11-16H2/i15D2,16D2. The number of carbonyl (C=O) groups excluding carboxylic acids is 1. The maximum atomic E-state index is 13.1. The molecule has 2 aromatic carbocycles. The molecule has 29 heavy (non-hydrogen) atoms. The van der Waals surface area contributed by atoms with E-state index in [0.717, 1.165) is 16.5 Å². The zero-order chi connectivity index (χ0) is 23.4. The number of carbonyl (C=O) groups is 1. The van der Waals surface area contributed by atoms with Crippen LogP contribution in [0.15, 0.2) is 48.5 Å². The lowest BCUT2D eigenvalue weighted by Crippen LogP contribution is -2.55. The number of Topliss-reactive ketones (excluding diaryl/α,β-unsaturated/α-hetero) is 1. The smallest absolute Gasteiger partial charge is 0.162 e. The first kappa shape index (κ1) is 14.5. The van der Waals surface area contributed by atoms with Crippen molar-refractivity contribution in [3.8, 4) is 0 Å². The summed E-state index contributed by atoms with van der Waals surface area (Å²) in [6.45, 7) is -2.37. The molecule has 1 saturated heterocycles. The number of H-pyrrole nitrogens is 1. The molecule has 0 spiro atoms. The highest BCUT2D eigenvalue weighted by atomic mass is 19.1. The van der Waals surface area contributed by atoms with Crippen molar-refractivity contribution in [1.82, 2.24) is 14.8 Å². The lowest BCUT2D eigenvalue weighted by atomic mass is 9.94. The van der Waals surface area contributed by atoms with Gasteiger partial charge in [-0.05, 0) is 55.3 Å². The summed E-state index contributed by atoms with van der Waals surface area (Å²) in [7, 11) is 0. The monoisotopic (exact) mass is 395 g/mol. The molecule has 1 fully saturated rings. The van der Waals surface area contributed by atoms with Crippen molar-refractivity contribution >= 4 is 16.7 Å². The van der Waals surface area contributed by atoms with E-state index in [1.165, 1.54) is 24.3 Å². The van der Waals surface area contributed by atoms with E-state index in [0.29, 0.717) is 43.7 Å². The first-order chi connectivity index (χ1) is 15.7. The van der Waals surface area contributed by atoms with Crippen molar-refractivity contribution < 1.29 is 14.7 Å². The van der Waals surface area contributed by atoms with Crippen LogP contribution in [0.1, 0.15) is 39.9 Å². The highest BCUT2D eigenvalue weighted by Gasteiger charge is 2.33. The Labute approximate surface area is 175 Å². The van der Waals surface area contributed by atoms with Crippen molar-refractivity contribution in [3.63, 3.8) is 0 Å². The Hall–Kier alpha value is -2.50. The molecule has 150 valence electrons. The number of benzene rings is 2. The fraction of sp³-hybridized carbons (Fsp3) is 0.375.